The molecule has 0 saturated carbocycles. The number of hydrogen-bond donors (Lipinski definition) is 2. The lowest BCUT2D eigenvalue weighted by Crippen LogP contribution is -2.35. The fourth-order valence-corrected chi connectivity index (χ4v) is 2.09. The van der Waals surface area contributed by atoms with Crippen LogP contribution in [0, 0.1) is 0 Å². The normalized spacial score (nSPS) is 10.4. The van der Waals surface area contributed by atoms with Crippen LogP contribution >= 0.6 is 11.6 Å². The molecule has 6 heteroatoms. The number of rotatable bonds is 6. The first-order valence-electron chi connectivity index (χ1n) is 6.46. The van der Waals surface area contributed by atoms with E-state index in [1.54, 1.807) is 4.90 Å². The molecule has 0 aliphatic carbocycles. The second kappa shape index (κ2) is 7.53. The van der Waals surface area contributed by atoms with Crippen molar-refractivity contribution in [2.45, 2.75) is 26.7 Å². The first kappa shape index (κ1) is 16.0. The van der Waals surface area contributed by atoms with Gasteiger partial charge >= 0.3 is 7.12 Å². The van der Waals surface area contributed by atoms with Gasteiger partial charge < -0.3 is 14.9 Å². The number of halogens is 1. The van der Waals surface area contributed by atoms with Crippen molar-refractivity contribution < 1.29 is 14.8 Å². The van der Waals surface area contributed by atoms with Crippen molar-refractivity contribution in [3.8, 4) is 0 Å². The molecule has 104 valence electrons. The molecule has 1 rings (SSSR count). The van der Waals surface area contributed by atoms with Gasteiger partial charge in [0.25, 0.3) is 5.91 Å². The zero-order valence-corrected chi connectivity index (χ0v) is 12.0. The van der Waals surface area contributed by atoms with Crippen LogP contribution in [0.4, 0.5) is 0 Å². The third-order valence-electron chi connectivity index (χ3n) is 2.79. The van der Waals surface area contributed by atoms with Gasteiger partial charge in [-0.3, -0.25) is 4.79 Å². The molecule has 1 aromatic carbocycles. The predicted octanol–water partition coefficient (Wildman–Crippen LogP) is 1.28. The minimum absolute atomic E-state index is 0.170. The first-order chi connectivity index (χ1) is 9.01. The average molecular weight is 284 g/mol. The second-order valence-corrected chi connectivity index (χ2v) is 4.81. The molecule has 0 bridgehead atoms. The Hall–Kier alpha value is -1.04. The summed E-state index contributed by atoms with van der Waals surface area (Å²) >= 11 is 6.03. The van der Waals surface area contributed by atoms with Crippen molar-refractivity contribution in [2.75, 3.05) is 13.1 Å². The van der Waals surface area contributed by atoms with E-state index in [4.69, 9.17) is 21.6 Å². The summed E-state index contributed by atoms with van der Waals surface area (Å²) in [5, 5.41) is 18.6. The summed E-state index contributed by atoms with van der Waals surface area (Å²) in [6, 6.07) is 4.45. The fourth-order valence-electron chi connectivity index (χ4n) is 1.89. The van der Waals surface area contributed by atoms with E-state index in [1.807, 2.05) is 13.8 Å². The van der Waals surface area contributed by atoms with Crippen LogP contribution in [-0.2, 0) is 0 Å². The summed E-state index contributed by atoms with van der Waals surface area (Å²) in [4.78, 5) is 14.1. The van der Waals surface area contributed by atoms with Crippen molar-refractivity contribution in [1.29, 1.82) is 0 Å². The molecule has 0 heterocycles. The lowest BCUT2D eigenvalue weighted by Gasteiger charge is -2.22. The lowest BCUT2D eigenvalue weighted by atomic mass is 9.79. The van der Waals surface area contributed by atoms with Gasteiger partial charge in [-0.25, -0.2) is 0 Å². The molecule has 0 unspecified atom stereocenters. The number of hydrogen-bond acceptors (Lipinski definition) is 3. The van der Waals surface area contributed by atoms with Crippen LogP contribution in [0.15, 0.2) is 18.2 Å². The van der Waals surface area contributed by atoms with E-state index in [0.29, 0.717) is 23.7 Å². The molecule has 1 aromatic rings. The number of amides is 1. The summed E-state index contributed by atoms with van der Waals surface area (Å²) in [6.07, 6.45) is 1.73. The average Bonchev–Trinajstić information content (AvgIpc) is 2.38. The third kappa shape index (κ3) is 4.23. The highest BCUT2D eigenvalue weighted by atomic mass is 35.5. The molecule has 0 saturated heterocycles. The Morgan fingerprint density at radius 3 is 2.32 bits per heavy atom. The van der Waals surface area contributed by atoms with E-state index < -0.39 is 7.12 Å². The Morgan fingerprint density at radius 1 is 1.26 bits per heavy atom. The molecule has 0 spiro atoms. The molecule has 0 aromatic heterocycles. The van der Waals surface area contributed by atoms with Gasteiger partial charge in [-0.1, -0.05) is 31.5 Å². The Bertz CT molecular complexity index is 434. The highest BCUT2D eigenvalue weighted by Gasteiger charge is 2.20. The molecule has 1 amide bonds. The van der Waals surface area contributed by atoms with Gasteiger partial charge in [0.2, 0.25) is 0 Å². The van der Waals surface area contributed by atoms with Gasteiger partial charge in [0.05, 0.1) is 10.6 Å². The van der Waals surface area contributed by atoms with Gasteiger partial charge in [-0.15, -0.1) is 0 Å². The van der Waals surface area contributed by atoms with E-state index in [2.05, 4.69) is 0 Å². The number of carbonyl (C=O) groups excluding carboxylic acids is 1. The Labute approximate surface area is 119 Å². The van der Waals surface area contributed by atoms with Crippen LogP contribution in [0.2, 0.25) is 5.02 Å². The third-order valence-corrected chi connectivity index (χ3v) is 3.12. The van der Waals surface area contributed by atoms with E-state index in [9.17, 15) is 4.79 Å². The van der Waals surface area contributed by atoms with Gasteiger partial charge in [-0.2, -0.15) is 0 Å². The minimum Gasteiger partial charge on any atom is -0.423 e. The molecule has 4 nitrogen and oxygen atoms in total. The van der Waals surface area contributed by atoms with Gasteiger partial charge in [0.15, 0.2) is 0 Å². The Kier molecular flexibility index (Phi) is 6.35. The fraction of sp³-hybridized carbons (Fsp3) is 0.462. The largest absolute Gasteiger partial charge is 0.488 e. The van der Waals surface area contributed by atoms with Gasteiger partial charge in [0.1, 0.15) is 0 Å². The van der Waals surface area contributed by atoms with Crippen LogP contribution in [0.5, 0.6) is 0 Å². The summed E-state index contributed by atoms with van der Waals surface area (Å²) < 4.78 is 0. The van der Waals surface area contributed by atoms with Crippen molar-refractivity contribution in [3.63, 3.8) is 0 Å². The van der Waals surface area contributed by atoms with Gasteiger partial charge in [-0.05, 0) is 30.4 Å². The van der Waals surface area contributed by atoms with Gasteiger partial charge in [0, 0.05) is 13.1 Å². The monoisotopic (exact) mass is 283 g/mol. The van der Waals surface area contributed by atoms with Crippen LogP contribution in [0.1, 0.15) is 37.0 Å². The summed E-state index contributed by atoms with van der Waals surface area (Å²) in [5.74, 6) is -0.170. The second-order valence-electron chi connectivity index (χ2n) is 4.41. The molecule has 0 radical (unpaired) electrons. The smallest absolute Gasteiger partial charge is 0.423 e. The quantitative estimate of drug-likeness (QED) is 0.773. The molecule has 0 fully saturated rings. The van der Waals surface area contributed by atoms with Crippen LogP contribution in [0.3, 0.4) is 0 Å². The zero-order valence-electron chi connectivity index (χ0n) is 11.3. The SMILES string of the molecule is CCCN(CCC)C(=O)c1cc(B(O)O)ccc1Cl. The van der Waals surface area contributed by atoms with E-state index in [0.717, 1.165) is 12.8 Å². The Morgan fingerprint density at radius 2 is 1.84 bits per heavy atom. The summed E-state index contributed by atoms with van der Waals surface area (Å²) in [5.41, 5.74) is 0.579. The maximum Gasteiger partial charge on any atom is 0.488 e. The molecular formula is C13H19BClNO3. The highest BCUT2D eigenvalue weighted by molar-refractivity contribution is 6.58. The van der Waals surface area contributed by atoms with E-state index in [-0.39, 0.29) is 11.4 Å². The van der Waals surface area contributed by atoms with Crippen LogP contribution in [0.25, 0.3) is 0 Å². The van der Waals surface area contributed by atoms with E-state index in [1.165, 1.54) is 18.2 Å². The van der Waals surface area contributed by atoms with Crippen molar-refractivity contribution in [1.82, 2.24) is 4.90 Å². The number of carbonyl (C=O) groups is 1. The van der Waals surface area contributed by atoms with Crippen LogP contribution < -0.4 is 5.46 Å². The predicted molar refractivity (Wildman–Crippen MR) is 77.8 cm³/mol. The van der Waals surface area contributed by atoms with E-state index >= 15 is 0 Å². The maximum absolute atomic E-state index is 12.4. The van der Waals surface area contributed by atoms with Crippen LogP contribution in [-0.4, -0.2) is 41.1 Å². The standard InChI is InChI=1S/C13H19BClNO3/c1-3-7-16(8-4-2)13(17)11-9-10(14(18)19)5-6-12(11)15/h5-6,9,18-19H,3-4,7-8H2,1-2H3. The first-order valence-corrected chi connectivity index (χ1v) is 6.83. The minimum atomic E-state index is -1.60. The lowest BCUT2D eigenvalue weighted by molar-refractivity contribution is 0.0756. The summed E-state index contributed by atoms with van der Waals surface area (Å²) in [6.45, 7) is 5.33. The number of benzene rings is 1. The van der Waals surface area contributed by atoms with Crippen molar-refractivity contribution in [3.05, 3.63) is 28.8 Å². The maximum atomic E-state index is 12.4. The summed E-state index contributed by atoms with van der Waals surface area (Å²) in [7, 11) is -1.60. The molecule has 0 aliphatic rings. The number of nitrogens with zero attached hydrogens (tertiary/aromatic N) is 1. The topological polar surface area (TPSA) is 60.8 Å². The molecule has 0 aliphatic heterocycles. The molecular weight excluding hydrogens is 264 g/mol. The molecule has 2 N–H and O–H groups in total. The van der Waals surface area contributed by atoms with Crippen molar-refractivity contribution in [2.24, 2.45) is 0 Å². The Balaban J connectivity index is 3.05. The molecule has 0 atom stereocenters. The van der Waals surface area contributed by atoms with Crippen molar-refractivity contribution >= 4 is 30.1 Å². The highest BCUT2D eigenvalue weighted by Crippen LogP contribution is 2.17. The molecule has 19 heavy (non-hydrogen) atoms. The zero-order chi connectivity index (χ0) is 14.4.